The zero-order valence-electron chi connectivity index (χ0n) is 9.74. The summed E-state index contributed by atoms with van der Waals surface area (Å²) in [6.07, 6.45) is 0.204. The number of nitrogens with two attached hydrogens (primary N) is 1. The molecule has 1 aromatic carbocycles. The van der Waals surface area contributed by atoms with E-state index in [1.54, 1.807) is 24.3 Å². The average molecular weight is 272 g/mol. The summed E-state index contributed by atoms with van der Waals surface area (Å²) < 4.78 is 29.6. The normalized spacial score (nSPS) is 13.2. The molecule has 100 valence electrons. The highest BCUT2D eigenvalue weighted by atomic mass is 32.2. The second kappa shape index (κ2) is 6.48. The van der Waals surface area contributed by atoms with E-state index in [0.29, 0.717) is 0 Å². The molecule has 0 unspecified atom stereocenters. The van der Waals surface area contributed by atoms with Gasteiger partial charge in [-0.15, -0.1) is 0 Å². The standard InChI is InChI=1S/C11H16N2O4S/c12-11(14)10(9-5-2-1-3-6-9)13-7-4-8-18(15,16)17/h1-3,5-6,10,13H,4,7-8H2,(H2,12,14)(H,15,16,17)/t10-/m0/s1. The van der Waals surface area contributed by atoms with Crippen molar-refractivity contribution in [2.75, 3.05) is 12.3 Å². The van der Waals surface area contributed by atoms with Crippen LogP contribution in [0.3, 0.4) is 0 Å². The number of carbonyl (C=O) groups excluding carboxylic acids is 1. The van der Waals surface area contributed by atoms with Crippen molar-refractivity contribution in [1.29, 1.82) is 0 Å². The van der Waals surface area contributed by atoms with Crippen molar-refractivity contribution < 1.29 is 17.8 Å². The van der Waals surface area contributed by atoms with Gasteiger partial charge in [-0.2, -0.15) is 8.42 Å². The van der Waals surface area contributed by atoms with Crippen molar-refractivity contribution in [3.8, 4) is 0 Å². The van der Waals surface area contributed by atoms with Gasteiger partial charge in [-0.25, -0.2) is 0 Å². The Kier molecular flexibility index (Phi) is 5.26. The summed E-state index contributed by atoms with van der Waals surface area (Å²) in [6, 6.07) is 8.24. The molecule has 1 amide bonds. The maximum Gasteiger partial charge on any atom is 0.264 e. The minimum absolute atomic E-state index is 0.204. The Morgan fingerprint density at radius 3 is 2.44 bits per heavy atom. The lowest BCUT2D eigenvalue weighted by Gasteiger charge is -2.15. The monoisotopic (exact) mass is 272 g/mol. The lowest BCUT2D eigenvalue weighted by molar-refractivity contribution is -0.120. The zero-order valence-corrected chi connectivity index (χ0v) is 10.6. The number of hydrogen-bond donors (Lipinski definition) is 3. The van der Waals surface area contributed by atoms with Gasteiger partial charge in [-0.1, -0.05) is 30.3 Å². The van der Waals surface area contributed by atoms with Crippen LogP contribution in [0.4, 0.5) is 0 Å². The molecule has 0 saturated carbocycles. The number of primary amides is 1. The molecule has 0 heterocycles. The summed E-state index contributed by atoms with van der Waals surface area (Å²) in [5.74, 6) is -0.881. The summed E-state index contributed by atoms with van der Waals surface area (Å²) in [6.45, 7) is 0.266. The van der Waals surface area contributed by atoms with Gasteiger partial charge in [0.1, 0.15) is 6.04 Å². The Bertz CT molecular complexity index is 487. The first-order chi connectivity index (χ1) is 8.40. The third-order valence-corrected chi connectivity index (χ3v) is 3.15. The van der Waals surface area contributed by atoms with Gasteiger partial charge in [0.25, 0.3) is 10.1 Å². The summed E-state index contributed by atoms with van der Waals surface area (Å²) in [4.78, 5) is 11.3. The van der Waals surface area contributed by atoms with E-state index < -0.39 is 22.1 Å². The van der Waals surface area contributed by atoms with E-state index in [0.717, 1.165) is 5.56 Å². The molecule has 1 aromatic rings. The third-order valence-electron chi connectivity index (χ3n) is 2.34. The van der Waals surface area contributed by atoms with Crippen molar-refractivity contribution in [2.24, 2.45) is 5.73 Å². The fourth-order valence-electron chi connectivity index (χ4n) is 1.53. The van der Waals surface area contributed by atoms with Gasteiger partial charge in [0, 0.05) is 0 Å². The Morgan fingerprint density at radius 1 is 1.33 bits per heavy atom. The molecule has 0 aliphatic heterocycles. The number of nitrogens with one attached hydrogen (secondary N) is 1. The second-order valence-electron chi connectivity index (χ2n) is 3.84. The summed E-state index contributed by atoms with van der Waals surface area (Å²) >= 11 is 0. The third kappa shape index (κ3) is 5.26. The lowest BCUT2D eigenvalue weighted by Crippen LogP contribution is -2.34. The largest absolute Gasteiger partial charge is 0.368 e. The summed E-state index contributed by atoms with van der Waals surface area (Å²) in [5.41, 5.74) is 5.99. The number of benzene rings is 1. The van der Waals surface area contributed by atoms with Gasteiger partial charge in [0.05, 0.1) is 5.75 Å². The number of rotatable bonds is 7. The number of carbonyl (C=O) groups is 1. The van der Waals surface area contributed by atoms with Crippen LogP contribution < -0.4 is 11.1 Å². The minimum Gasteiger partial charge on any atom is -0.368 e. The first-order valence-electron chi connectivity index (χ1n) is 5.43. The molecule has 18 heavy (non-hydrogen) atoms. The van der Waals surface area contributed by atoms with Crippen LogP contribution in [0.15, 0.2) is 30.3 Å². The van der Waals surface area contributed by atoms with E-state index in [-0.39, 0.29) is 18.7 Å². The molecule has 0 spiro atoms. The predicted octanol–water partition coefficient (Wildman–Crippen LogP) is 0.0805. The highest BCUT2D eigenvalue weighted by Crippen LogP contribution is 2.11. The second-order valence-corrected chi connectivity index (χ2v) is 5.41. The van der Waals surface area contributed by atoms with Crippen molar-refractivity contribution in [3.05, 3.63) is 35.9 Å². The van der Waals surface area contributed by atoms with Crippen LogP contribution in [0.5, 0.6) is 0 Å². The van der Waals surface area contributed by atoms with Crippen LogP contribution in [0.25, 0.3) is 0 Å². The quantitative estimate of drug-likeness (QED) is 0.481. The predicted molar refractivity (Wildman–Crippen MR) is 67.4 cm³/mol. The topological polar surface area (TPSA) is 109 Å². The molecule has 0 aliphatic rings. The maximum atomic E-state index is 11.3. The van der Waals surface area contributed by atoms with E-state index >= 15 is 0 Å². The molecular weight excluding hydrogens is 256 g/mol. The Balaban J connectivity index is 2.53. The maximum absolute atomic E-state index is 11.3. The Labute approximate surface area is 106 Å². The molecule has 0 fully saturated rings. The molecule has 1 atom stereocenters. The summed E-state index contributed by atoms with van der Waals surface area (Å²) in [5, 5.41) is 2.86. The molecule has 4 N–H and O–H groups in total. The van der Waals surface area contributed by atoms with E-state index in [2.05, 4.69) is 5.32 Å². The summed E-state index contributed by atoms with van der Waals surface area (Å²) in [7, 11) is -3.96. The molecule has 0 aromatic heterocycles. The average Bonchev–Trinajstić information content (AvgIpc) is 2.28. The smallest absolute Gasteiger partial charge is 0.264 e. The highest BCUT2D eigenvalue weighted by molar-refractivity contribution is 7.85. The van der Waals surface area contributed by atoms with Crippen LogP contribution in [0.2, 0.25) is 0 Å². The van der Waals surface area contributed by atoms with Crippen LogP contribution >= 0.6 is 0 Å². The van der Waals surface area contributed by atoms with E-state index in [1.165, 1.54) is 0 Å². The van der Waals surface area contributed by atoms with E-state index in [4.69, 9.17) is 10.3 Å². The van der Waals surface area contributed by atoms with Crippen molar-refractivity contribution in [1.82, 2.24) is 5.32 Å². The zero-order chi connectivity index (χ0) is 13.6. The van der Waals surface area contributed by atoms with Crippen LogP contribution in [0, 0.1) is 0 Å². The SMILES string of the molecule is NC(=O)[C@@H](NCCCS(=O)(=O)O)c1ccccc1. The van der Waals surface area contributed by atoms with Crippen LogP contribution in [-0.4, -0.2) is 31.2 Å². The molecular formula is C11H16N2O4S. The fraction of sp³-hybridized carbons (Fsp3) is 0.364. The van der Waals surface area contributed by atoms with Crippen LogP contribution in [-0.2, 0) is 14.9 Å². The van der Waals surface area contributed by atoms with E-state index in [1.807, 2.05) is 6.07 Å². The molecule has 0 bridgehead atoms. The molecule has 0 radical (unpaired) electrons. The fourth-order valence-corrected chi connectivity index (χ4v) is 2.04. The lowest BCUT2D eigenvalue weighted by atomic mass is 10.1. The Morgan fingerprint density at radius 2 is 1.94 bits per heavy atom. The highest BCUT2D eigenvalue weighted by Gasteiger charge is 2.16. The number of amides is 1. The first kappa shape index (κ1) is 14.6. The van der Waals surface area contributed by atoms with E-state index in [9.17, 15) is 13.2 Å². The molecule has 6 nitrogen and oxygen atoms in total. The van der Waals surface area contributed by atoms with Gasteiger partial charge >= 0.3 is 0 Å². The van der Waals surface area contributed by atoms with Crippen molar-refractivity contribution in [2.45, 2.75) is 12.5 Å². The Hall–Kier alpha value is -1.44. The molecule has 7 heteroatoms. The van der Waals surface area contributed by atoms with Gasteiger partial charge < -0.3 is 11.1 Å². The van der Waals surface area contributed by atoms with Gasteiger partial charge in [0.2, 0.25) is 5.91 Å². The molecule has 0 aliphatic carbocycles. The van der Waals surface area contributed by atoms with Gasteiger partial charge in [-0.3, -0.25) is 9.35 Å². The minimum atomic E-state index is -3.96. The van der Waals surface area contributed by atoms with Gasteiger partial charge in [-0.05, 0) is 18.5 Å². The number of hydrogen-bond acceptors (Lipinski definition) is 4. The molecule has 0 saturated heterocycles. The van der Waals surface area contributed by atoms with Crippen molar-refractivity contribution >= 4 is 16.0 Å². The van der Waals surface area contributed by atoms with Crippen molar-refractivity contribution in [3.63, 3.8) is 0 Å². The first-order valence-corrected chi connectivity index (χ1v) is 7.04. The molecule has 1 rings (SSSR count). The van der Waals surface area contributed by atoms with Gasteiger partial charge in [0.15, 0.2) is 0 Å². The van der Waals surface area contributed by atoms with Crippen LogP contribution in [0.1, 0.15) is 18.0 Å².